The van der Waals surface area contributed by atoms with Gasteiger partial charge in [0.15, 0.2) is 5.76 Å². The largest absolute Gasteiger partial charge is 0.450 e. The number of nitro benzene ring substituents is 1. The lowest BCUT2D eigenvalue weighted by molar-refractivity contribution is -0.384. The van der Waals surface area contributed by atoms with Crippen LogP contribution in [0.2, 0.25) is 0 Å². The molecule has 0 atom stereocenters. The van der Waals surface area contributed by atoms with Crippen molar-refractivity contribution in [3.63, 3.8) is 0 Å². The Morgan fingerprint density at radius 2 is 1.86 bits per heavy atom. The maximum atomic E-state index is 12.4. The Balaban J connectivity index is 2.10. The van der Waals surface area contributed by atoms with Crippen molar-refractivity contribution in [2.24, 2.45) is 0 Å². The highest BCUT2D eigenvalue weighted by molar-refractivity contribution is 9.10. The Morgan fingerprint density at radius 1 is 1.18 bits per heavy atom. The molecule has 7 heteroatoms. The fourth-order valence-corrected chi connectivity index (χ4v) is 2.38. The van der Waals surface area contributed by atoms with Crippen molar-refractivity contribution >= 4 is 44.1 Å². The van der Waals surface area contributed by atoms with Crippen molar-refractivity contribution in [3.05, 3.63) is 68.4 Å². The summed E-state index contributed by atoms with van der Waals surface area (Å²) in [4.78, 5) is 22.7. The van der Waals surface area contributed by atoms with E-state index in [-0.39, 0.29) is 28.5 Å². The van der Waals surface area contributed by atoms with Gasteiger partial charge in [-0.1, -0.05) is 15.9 Å². The van der Waals surface area contributed by atoms with Gasteiger partial charge in [0.05, 0.1) is 16.7 Å². The van der Waals surface area contributed by atoms with Gasteiger partial charge in [-0.3, -0.25) is 14.9 Å². The molecule has 22 heavy (non-hydrogen) atoms. The van der Waals surface area contributed by atoms with Crippen LogP contribution >= 0.6 is 15.9 Å². The molecule has 0 amide bonds. The molecular formula is C15H9BrN2O4. The second-order valence-electron chi connectivity index (χ2n) is 4.62. The minimum atomic E-state index is -0.533. The molecule has 2 aromatic carbocycles. The van der Waals surface area contributed by atoms with Crippen LogP contribution in [0, 0.1) is 10.1 Å². The number of carbonyl (C=O) groups is 1. The Morgan fingerprint density at radius 3 is 2.50 bits per heavy atom. The molecule has 0 radical (unpaired) electrons. The fourth-order valence-electron chi connectivity index (χ4n) is 2.12. The molecule has 1 aromatic heterocycles. The number of rotatable bonds is 3. The molecule has 0 bridgehead atoms. The Labute approximate surface area is 132 Å². The number of non-ortho nitro benzene ring substituents is 1. The first kappa shape index (κ1) is 14.3. The third-order valence-electron chi connectivity index (χ3n) is 3.24. The van der Waals surface area contributed by atoms with E-state index in [9.17, 15) is 14.9 Å². The molecule has 3 aromatic rings. The first-order chi connectivity index (χ1) is 10.5. The molecule has 0 spiro atoms. The molecule has 0 aliphatic heterocycles. The highest BCUT2D eigenvalue weighted by Gasteiger charge is 2.21. The van der Waals surface area contributed by atoms with E-state index < -0.39 is 4.92 Å². The summed E-state index contributed by atoms with van der Waals surface area (Å²) < 4.78 is 6.29. The maximum absolute atomic E-state index is 12.4. The van der Waals surface area contributed by atoms with Crippen molar-refractivity contribution in [1.29, 1.82) is 0 Å². The first-order valence-corrected chi connectivity index (χ1v) is 7.03. The minimum absolute atomic E-state index is 0.0159. The van der Waals surface area contributed by atoms with E-state index in [1.54, 1.807) is 24.3 Å². The Kier molecular flexibility index (Phi) is 3.42. The molecule has 6 nitrogen and oxygen atoms in total. The van der Waals surface area contributed by atoms with Gasteiger partial charge in [-0.15, -0.1) is 0 Å². The van der Waals surface area contributed by atoms with E-state index in [0.29, 0.717) is 10.9 Å². The lowest BCUT2D eigenvalue weighted by atomic mass is 10.1. The molecular weight excluding hydrogens is 352 g/mol. The number of halogens is 1. The molecule has 0 aliphatic rings. The van der Waals surface area contributed by atoms with Gasteiger partial charge in [0.25, 0.3) is 5.69 Å². The number of carbonyl (C=O) groups excluding carboxylic acids is 1. The first-order valence-electron chi connectivity index (χ1n) is 6.24. The zero-order chi connectivity index (χ0) is 15.9. The predicted molar refractivity (Wildman–Crippen MR) is 84.9 cm³/mol. The Bertz CT molecular complexity index is 900. The van der Waals surface area contributed by atoms with E-state index in [0.717, 1.165) is 4.47 Å². The average Bonchev–Trinajstić information content (AvgIpc) is 2.84. The third-order valence-corrected chi connectivity index (χ3v) is 3.76. The van der Waals surface area contributed by atoms with Gasteiger partial charge in [0.1, 0.15) is 5.58 Å². The van der Waals surface area contributed by atoms with Crippen molar-refractivity contribution in [2.75, 3.05) is 5.73 Å². The highest BCUT2D eigenvalue weighted by atomic mass is 79.9. The lowest BCUT2D eigenvalue weighted by Crippen LogP contribution is -2.02. The summed E-state index contributed by atoms with van der Waals surface area (Å²) in [6.07, 6.45) is 0. The van der Waals surface area contributed by atoms with Crippen LogP contribution in [0.25, 0.3) is 11.0 Å². The molecule has 0 aliphatic carbocycles. The summed E-state index contributed by atoms with van der Waals surface area (Å²) in [6.45, 7) is 0. The van der Waals surface area contributed by atoms with Gasteiger partial charge in [-0.2, -0.15) is 0 Å². The van der Waals surface area contributed by atoms with Gasteiger partial charge >= 0.3 is 0 Å². The average molecular weight is 361 g/mol. The number of fused-ring (bicyclic) bond motifs is 1. The van der Waals surface area contributed by atoms with E-state index >= 15 is 0 Å². The van der Waals surface area contributed by atoms with Crippen LogP contribution in [0.1, 0.15) is 16.1 Å². The fraction of sp³-hybridized carbons (Fsp3) is 0. The van der Waals surface area contributed by atoms with Gasteiger partial charge in [0, 0.05) is 21.5 Å². The summed E-state index contributed by atoms with van der Waals surface area (Å²) in [6, 6.07) is 10.8. The van der Waals surface area contributed by atoms with Crippen molar-refractivity contribution in [3.8, 4) is 0 Å². The summed E-state index contributed by atoms with van der Waals surface area (Å²) in [5, 5.41) is 11.3. The van der Waals surface area contributed by atoms with Crippen LogP contribution in [-0.4, -0.2) is 10.7 Å². The molecule has 0 saturated heterocycles. The summed E-state index contributed by atoms with van der Waals surface area (Å²) in [5.74, 6) is -0.387. The van der Waals surface area contributed by atoms with Crippen LogP contribution in [0.4, 0.5) is 11.4 Å². The normalized spacial score (nSPS) is 10.8. The number of hydrogen-bond acceptors (Lipinski definition) is 5. The molecule has 110 valence electrons. The van der Waals surface area contributed by atoms with Gasteiger partial charge < -0.3 is 10.2 Å². The number of hydrogen-bond donors (Lipinski definition) is 1. The lowest BCUT2D eigenvalue weighted by Gasteiger charge is -1.99. The number of anilines is 1. The quantitative estimate of drug-likeness (QED) is 0.433. The van der Waals surface area contributed by atoms with Crippen LogP contribution < -0.4 is 5.73 Å². The van der Waals surface area contributed by atoms with Gasteiger partial charge in [0.2, 0.25) is 5.78 Å². The van der Waals surface area contributed by atoms with Crippen LogP contribution in [0.5, 0.6) is 0 Å². The van der Waals surface area contributed by atoms with Crippen LogP contribution in [-0.2, 0) is 0 Å². The van der Waals surface area contributed by atoms with E-state index in [2.05, 4.69) is 15.9 Å². The van der Waals surface area contributed by atoms with E-state index in [4.69, 9.17) is 10.2 Å². The second-order valence-corrected chi connectivity index (χ2v) is 5.53. The molecule has 3 rings (SSSR count). The monoisotopic (exact) mass is 360 g/mol. The summed E-state index contributed by atoms with van der Waals surface area (Å²) >= 11 is 3.29. The number of nitro groups is 1. The minimum Gasteiger partial charge on any atom is -0.450 e. The number of benzene rings is 2. The molecule has 0 fully saturated rings. The molecule has 2 N–H and O–H groups in total. The highest BCUT2D eigenvalue weighted by Crippen LogP contribution is 2.32. The van der Waals surface area contributed by atoms with Crippen molar-refractivity contribution in [2.45, 2.75) is 0 Å². The number of nitrogen functional groups attached to an aromatic ring is 1. The predicted octanol–water partition coefficient (Wildman–Crippen LogP) is 3.92. The van der Waals surface area contributed by atoms with Crippen molar-refractivity contribution < 1.29 is 14.1 Å². The number of nitrogens with zero attached hydrogens (tertiary/aromatic N) is 1. The Hall–Kier alpha value is -2.67. The van der Waals surface area contributed by atoms with Crippen LogP contribution in [0.15, 0.2) is 51.4 Å². The molecule has 1 heterocycles. The molecule has 0 saturated carbocycles. The number of ketones is 1. The second kappa shape index (κ2) is 5.27. The zero-order valence-electron chi connectivity index (χ0n) is 11.1. The number of furan rings is 1. The third kappa shape index (κ3) is 2.35. The molecule has 0 unspecified atom stereocenters. The maximum Gasteiger partial charge on any atom is 0.273 e. The van der Waals surface area contributed by atoms with Crippen molar-refractivity contribution in [1.82, 2.24) is 0 Å². The van der Waals surface area contributed by atoms with Crippen LogP contribution in [0.3, 0.4) is 0 Å². The smallest absolute Gasteiger partial charge is 0.273 e. The van der Waals surface area contributed by atoms with E-state index in [1.807, 2.05) is 0 Å². The number of nitrogens with two attached hydrogens (primary N) is 1. The van der Waals surface area contributed by atoms with E-state index in [1.165, 1.54) is 18.2 Å². The summed E-state index contributed by atoms with van der Waals surface area (Å²) in [7, 11) is 0. The zero-order valence-corrected chi connectivity index (χ0v) is 12.7. The SMILES string of the molecule is Nc1c(C(=O)c2ccc(Br)cc2)oc2cc([N+](=O)[O-])ccc12. The van der Waals surface area contributed by atoms with Gasteiger partial charge in [-0.25, -0.2) is 0 Å². The van der Waals surface area contributed by atoms with Gasteiger partial charge in [-0.05, 0) is 30.3 Å². The summed E-state index contributed by atoms with van der Waals surface area (Å²) in [5.41, 5.74) is 6.63. The topological polar surface area (TPSA) is 99.4 Å². The standard InChI is InChI=1S/C15H9BrN2O4/c16-9-3-1-8(2-4-9)14(19)15-13(17)11-6-5-10(18(20)21)7-12(11)22-15/h1-7H,17H2.